The topological polar surface area (TPSA) is 115 Å². The highest BCUT2D eigenvalue weighted by Crippen LogP contribution is 2.25. The summed E-state index contributed by atoms with van der Waals surface area (Å²) in [6, 6.07) is 2.90. The van der Waals surface area contributed by atoms with Crippen molar-refractivity contribution >= 4 is 27.3 Å². The number of hydrogen-bond donors (Lipinski definition) is 2. The average Bonchev–Trinajstić information content (AvgIpc) is 2.35. The number of nitro benzene ring substituents is 1. The van der Waals surface area contributed by atoms with Gasteiger partial charge >= 0.3 is 0 Å². The third kappa shape index (κ3) is 5.24. The predicted molar refractivity (Wildman–Crippen MR) is 80.7 cm³/mol. The molecule has 0 fully saturated rings. The molecule has 0 aromatic heterocycles. The number of hydrogen-bond acceptors (Lipinski definition) is 5. The molecule has 1 unspecified atom stereocenters. The minimum absolute atomic E-state index is 0.0772. The third-order valence-electron chi connectivity index (χ3n) is 2.73. The van der Waals surface area contributed by atoms with Crippen molar-refractivity contribution in [3.05, 3.63) is 33.3 Å². The summed E-state index contributed by atoms with van der Waals surface area (Å²) in [5.74, 6) is 0.354. The molecule has 0 aliphatic rings. The summed E-state index contributed by atoms with van der Waals surface area (Å²) in [6.45, 7) is 4.05. The minimum atomic E-state index is -3.85. The van der Waals surface area contributed by atoms with Crippen molar-refractivity contribution < 1.29 is 13.3 Å². The molecule has 1 aromatic rings. The molecule has 0 spiro atoms. The first-order chi connectivity index (χ1) is 9.63. The van der Waals surface area contributed by atoms with E-state index in [-0.39, 0.29) is 28.2 Å². The number of nitrogens with one attached hydrogen (secondary N) is 1. The molecule has 1 aromatic carbocycles. The summed E-state index contributed by atoms with van der Waals surface area (Å²) in [4.78, 5) is 9.75. The Labute approximate surface area is 128 Å². The quantitative estimate of drug-likeness (QED) is 0.583. The number of halogens is 1. The lowest BCUT2D eigenvalue weighted by molar-refractivity contribution is -0.384. The van der Waals surface area contributed by atoms with Crippen LogP contribution in [-0.2, 0) is 10.0 Å². The molecule has 21 heavy (non-hydrogen) atoms. The second-order valence-electron chi connectivity index (χ2n) is 5.11. The maximum Gasteiger partial charge on any atom is 0.271 e. The molecule has 3 N–H and O–H groups in total. The van der Waals surface area contributed by atoms with Crippen LogP contribution in [0.3, 0.4) is 0 Å². The third-order valence-corrected chi connectivity index (χ3v) is 4.63. The Morgan fingerprint density at radius 3 is 2.52 bits per heavy atom. The number of rotatable bonds is 7. The van der Waals surface area contributed by atoms with Gasteiger partial charge in [-0.25, -0.2) is 13.1 Å². The Hall–Kier alpha value is -1.22. The summed E-state index contributed by atoms with van der Waals surface area (Å²) in [5.41, 5.74) is 5.54. The van der Waals surface area contributed by atoms with E-state index >= 15 is 0 Å². The molecule has 0 aliphatic carbocycles. The smallest absolute Gasteiger partial charge is 0.271 e. The van der Waals surface area contributed by atoms with Crippen molar-refractivity contribution in [1.29, 1.82) is 0 Å². The van der Waals surface area contributed by atoms with Crippen LogP contribution in [0.1, 0.15) is 20.3 Å². The highest BCUT2D eigenvalue weighted by Gasteiger charge is 2.21. The van der Waals surface area contributed by atoms with E-state index in [1.807, 2.05) is 13.8 Å². The maximum absolute atomic E-state index is 12.1. The number of non-ortho nitro benzene ring substituents is 1. The molecule has 0 aliphatic heterocycles. The van der Waals surface area contributed by atoms with Gasteiger partial charge in [-0.2, -0.15) is 0 Å². The molecule has 0 saturated carbocycles. The first-order valence-corrected chi connectivity index (χ1v) is 8.18. The van der Waals surface area contributed by atoms with Crippen molar-refractivity contribution in [3.8, 4) is 0 Å². The van der Waals surface area contributed by atoms with Crippen LogP contribution in [0.5, 0.6) is 0 Å². The highest BCUT2D eigenvalue weighted by molar-refractivity contribution is 7.89. The van der Waals surface area contributed by atoms with Gasteiger partial charge in [0, 0.05) is 24.7 Å². The zero-order valence-corrected chi connectivity index (χ0v) is 13.3. The van der Waals surface area contributed by atoms with E-state index in [4.69, 9.17) is 17.3 Å². The molecule has 1 atom stereocenters. The SMILES string of the molecule is CC(C)CC(N)CNS(=O)(=O)c1ccc([N+](=O)[O-])cc1Cl. The number of nitrogens with two attached hydrogens (primary N) is 1. The fourth-order valence-electron chi connectivity index (χ4n) is 1.80. The van der Waals surface area contributed by atoms with Crippen molar-refractivity contribution in [2.24, 2.45) is 11.7 Å². The van der Waals surface area contributed by atoms with E-state index in [9.17, 15) is 18.5 Å². The second-order valence-corrected chi connectivity index (χ2v) is 7.26. The van der Waals surface area contributed by atoms with Gasteiger partial charge in [0.1, 0.15) is 4.90 Å². The zero-order chi connectivity index (χ0) is 16.2. The summed E-state index contributed by atoms with van der Waals surface area (Å²) in [5, 5.41) is 10.4. The molecule has 9 heteroatoms. The van der Waals surface area contributed by atoms with Crippen LogP contribution in [0.15, 0.2) is 23.1 Å². The highest BCUT2D eigenvalue weighted by atomic mass is 35.5. The molecule has 118 valence electrons. The summed E-state index contributed by atoms with van der Waals surface area (Å²) in [7, 11) is -3.85. The van der Waals surface area contributed by atoms with Crippen LogP contribution < -0.4 is 10.5 Å². The minimum Gasteiger partial charge on any atom is -0.327 e. The van der Waals surface area contributed by atoms with Crippen LogP contribution in [-0.4, -0.2) is 25.9 Å². The molecular weight excluding hydrogens is 318 g/mol. The summed E-state index contributed by atoms with van der Waals surface area (Å²) in [6.07, 6.45) is 0.677. The first kappa shape index (κ1) is 17.8. The van der Waals surface area contributed by atoms with Gasteiger partial charge in [-0.15, -0.1) is 0 Å². The summed E-state index contributed by atoms with van der Waals surface area (Å²) < 4.78 is 26.6. The fraction of sp³-hybridized carbons (Fsp3) is 0.500. The van der Waals surface area contributed by atoms with E-state index in [0.717, 1.165) is 18.2 Å². The summed E-state index contributed by atoms with van der Waals surface area (Å²) >= 11 is 5.80. The number of nitro groups is 1. The molecule has 0 saturated heterocycles. The van der Waals surface area contributed by atoms with Crippen molar-refractivity contribution in [2.45, 2.75) is 31.2 Å². The number of sulfonamides is 1. The van der Waals surface area contributed by atoms with Crippen LogP contribution >= 0.6 is 11.6 Å². The first-order valence-electron chi connectivity index (χ1n) is 6.32. The van der Waals surface area contributed by atoms with Crippen LogP contribution in [0, 0.1) is 16.0 Å². The largest absolute Gasteiger partial charge is 0.327 e. The average molecular weight is 336 g/mol. The van der Waals surface area contributed by atoms with E-state index in [0.29, 0.717) is 12.3 Å². The molecule has 0 bridgehead atoms. The van der Waals surface area contributed by atoms with Gasteiger partial charge in [0.15, 0.2) is 0 Å². The van der Waals surface area contributed by atoms with Crippen LogP contribution in [0.2, 0.25) is 5.02 Å². The van der Waals surface area contributed by atoms with Gasteiger partial charge in [-0.3, -0.25) is 10.1 Å². The fourth-order valence-corrected chi connectivity index (χ4v) is 3.44. The number of nitrogens with zero attached hydrogens (tertiary/aromatic N) is 1. The van der Waals surface area contributed by atoms with Crippen LogP contribution in [0.25, 0.3) is 0 Å². The zero-order valence-electron chi connectivity index (χ0n) is 11.7. The predicted octanol–water partition coefficient (Wildman–Crippen LogP) is 1.90. The Kier molecular flexibility index (Phi) is 6.09. The van der Waals surface area contributed by atoms with Crippen molar-refractivity contribution in [1.82, 2.24) is 4.72 Å². The van der Waals surface area contributed by atoms with E-state index < -0.39 is 14.9 Å². The molecule has 0 amide bonds. The lowest BCUT2D eigenvalue weighted by Gasteiger charge is -2.15. The normalized spacial score (nSPS) is 13.4. The second kappa shape index (κ2) is 7.17. The monoisotopic (exact) mass is 335 g/mol. The molecule has 0 heterocycles. The van der Waals surface area contributed by atoms with Gasteiger partial charge in [0.05, 0.1) is 9.95 Å². The number of benzene rings is 1. The Balaban J connectivity index is 2.86. The lowest BCUT2D eigenvalue weighted by atomic mass is 10.1. The van der Waals surface area contributed by atoms with Crippen molar-refractivity contribution in [3.63, 3.8) is 0 Å². The maximum atomic E-state index is 12.1. The Morgan fingerprint density at radius 1 is 1.43 bits per heavy atom. The van der Waals surface area contributed by atoms with Gasteiger partial charge < -0.3 is 5.73 Å². The van der Waals surface area contributed by atoms with Gasteiger partial charge in [-0.05, 0) is 18.4 Å². The Morgan fingerprint density at radius 2 is 2.05 bits per heavy atom. The van der Waals surface area contributed by atoms with Gasteiger partial charge in [-0.1, -0.05) is 25.4 Å². The molecule has 7 nitrogen and oxygen atoms in total. The van der Waals surface area contributed by atoms with E-state index in [1.54, 1.807) is 0 Å². The lowest BCUT2D eigenvalue weighted by Crippen LogP contribution is -2.38. The molecular formula is C12H18ClN3O4S. The van der Waals surface area contributed by atoms with Gasteiger partial charge in [0.2, 0.25) is 10.0 Å². The Bertz CT molecular complexity index is 619. The van der Waals surface area contributed by atoms with E-state index in [2.05, 4.69) is 4.72 Å². The molecule has 0 radical (unpaired) electrons. The van der Waals surface area contributed by atoms with E-state index in [1.165, 1.54) is 0 Å². The van der Waals surface area contributed by atoms with Gasteiger partial charge in [0.25, 0.3) is 5.69 Å². The standard InChI is InChI=1S/C12H18ClN3O4S/c1-8(2)5-9(14)7-15-21(19,20)12-4-3-10(16(17)18)6-11(12)13/h3-4,6,8-9,15H,5,7,14H2,1-2H3. The van der Waals surface area contributed by atoms with Crippen molar-refractivity contribution in [2.75, 3.05) is 6.54 Å². The molecule has 1 rings (SSSR count). The van der Waals surface area contributed by atoms with Crippen LogP contribution in [0.4, 0.5) is 5.69 Å².